The lowest BCUT2D eigenvalue weighted by molar-refractivity contribution is 0.568. The lowest BCUT2D eigenvalue weighted by Gasteiger charge is -2.23. The summed E-state index contributed by atoms with van der Waals surface area (Å²) in [7, 11) is -2.17. The van der Waals surface area contributed by atoms with Gasteiger partial charge in [-0.3, -0.25) is 4.31 Å². The molecule has 1 aromatic carbocycles. The molecule has 3 rings (SSSR count). The second-order valence-corrected chi connectivity index (χ2v) is 7.21. The van der Waals surface area contributed by atoms with E-state index in [0.29, 0.717) is 12.2 Å². The van der Waals surface area contributed by atoms with Gasteiger partial charge in [0.25, 0.3) is 10.0 Å². The molecule has 0 saturated heterocycles. The predicted molar refractivity (Wildman–Crippen MR) is 82.8 cm³/mol. The number of aromatic nitrogens is 3. The van der Waals surface area contributed by atoms with Crippen LogP contribution in [0.1, 0.15) is 6.42 Å². The molecule has 0 aliphatic carbocycles. The van der Waals surface area contributed by atoms with Crippen molar-refractivity contribution in [1.82, 2.24) is 15.0 Å². The first kappa shape index (κ1) is 14.3. The van der Waals surface area contributed by atoms with Crippen molar-refractivity contribution in [2.24, 2.45) is 7.05 Å². The van der Waals surface area contributed by atoms with Crippen molar-refractivity contribution in [3.05, 3.63) is 28.9 Å². The molecule has 0 saturated carbocycles. The lowest BCUT2D eigenvalue weighted by Crippen LogP contribution is -2.33. The minimum Gasteiger partial charge on any atom is -0.383 e. The van der Waals surface area contributed by atoms with Crippen LogP contribution in [-0.4, -0.2) is 36.5 Å². The van der Waals surface area contributed by atoms with Crippen LogP contribution in [0.3, 0.4) is 0 Å². The normalized spacial score (nSPS) is 15.2. The van der Waals surface area contributed by atoms with E-state index in [1.807, 2.05) is 18.2 Å². The molecule has 2 heterocycles. The Morgan fingerprint density at radius 2 is 2.10 bits per heavy atom. The molecule has 1 aliphatic rings. The van der Waals surface area contributed by atoms with E-state index in [2.05, 4.69) is 31.6 Å². The smallest absolute Gasteiger partial charge is 0.284 e. The number of benzene rings is 1. The van der Waals surface area contributed by atoms with Gasteiger partial charge < -0.3 is 5.32 Å². The van der Waals surface area contributed by atoms with Gasteiger partial charge in [0.05, 0.1) is 11.4 Å². The van der Waals surface area contributed by atoms with Gasteiger partial charge in [0.1, 0.15) is 0 Å². The minimum atomic E-state index is -3.73. The van der Waals surface area contributed by atoms with Crippen molar-refractivity contribution in [3.63, 3.8) is 0 Å². The Labute approximate surface area is 131 Å². The van der Waals surface area contributed by atoms with Crippen molar-refractivity contribution < 1.29 is 8.42 Å². The van der Waals surface area contributed by atoms with Crippen LogP contribution in [0.4, 0.5) is 11.4 Å². The SMILES string of the molecule is Cn1nnc(Br)c1S(=O)(=O)N1CCCNc2ccccc21. The molecular weight excluding hydrogens is 358 g/mol. The maximum Gasteiger partial charge on any atom is 0.284 e. The minimum absolute atomic E-state index is 0.0548. The van der Waals surface area contributed by atoms with Gasteiger partial charge in [-0.1, -0.05) is 17.3 Å². The quantitative estimate of drug-likeness (QED) is 0.866. The molecule has 112 valence electrons. The Kier molecular flexibility index (Phi) is 3.62. The van der Waals surface area contributed by atoms with Crippen LogP contribution < -0.4 is 9.62 Å². The first-order chi connectivity index (χ1) is 10.0. The number of sulfonamides is 1. The predicted octanol–water partition coefficient (Wildman–Crippen LogP) is 1.59. The second-order valence-electron chi connectivity index (χ2n) is 4.68. The van der Waals surface area contributed by atoms with Gasteiger partial charge in [-0.15, -0.1) is 5.10 Å². The molecule has 0 unspecified atom stereocenters. The molecule has 1 N–H and O–H groups in total. The molecular formula is C12H14BrN5O2S. The van der Waals surface area contributed by atoms with Crippen LogP contribution in [0.5, 0.6) is 0 Å². The highest BCUT2D eigenvalue weighted by molar-refractivity contribution is 9.10. The van der Waals surface area contributed by atoms with Gasteiger partial charge >= 0.3 is 0 Å². The number of nitrogens with zero attached hydrogens (tertiary/aromatic N) is 4. The fourth-order valence-corrected chi connectivity index (χ4v) is 4.92. The summed E-state index contributed by atoms with van der Waals surface area (Å²) >= 11 is 3.16. The zero-order chi connectivity index (χ0) is 15.0. The first-order valence-corrected chi connectivity index (χ1v) is 8.66. The Morgan fingerprint density at radius 3 is 2.81 bits per heavy atom. The molecule has 9 heteroatoms. The number of hydrogen-bond acceptors (Lipinski definition) is 5. The van der Waals surface area contributed by atoms with Crippen LogP contribution in [0, 0.1) is 0 Å². The zero-order valence-corrected chi connectivity index (χ0v) is 13.7. The number of anilines is 2. The summed E-state index contributed by atoms with van der Waals surface area (Å²) in [4.78, 5) is 0. The Hall–Kier alpha value is -1.61. The van der Waals surface area contributed by atoms with Crippen molar-refractivity contribution >= 4 is 37.3 Å². The van der Waals surface area contributed by atoms with Crippen molar-refractivity contribution in [2.75, 3.05) is 22.7 Å². The van der Waals surface area contributed by atoms with E-state index in [4.69, 9.17) is 0 Å². The van der Waals surface area contributed by atoms with Crippen LogP contribution in [-0.2, 0) is 17.1 Å². The Morgan fingerprint density at radius 1 is 1.33 bits per heavy atom. The molecule has 2 aromatic rings. The van der Waals surface area contributed by atoms with E-state index in [1.54, 1.807) is 13.1 Å². The molecule has 1 aromatic heterocycles. The maximum absolute atomic E-state index is 13.0. The van der Waals surface area contributed by atoms with Crippen LogP contribution in [0.2, 0.25) is 0 Å². The Bertz CT molecular complexity index is 754. The van der Waals surface area contributed by atoms with Crippen LogP contribution in [0.15, 0.2) is 33.9 Å². The zero-order valence-electron chi connectivity index (χ0n) is 11.3. The molecule has 0 radical (unpaired) electrons. The van der Waals surface area contributed by atoms with E-state index < -0.39 is 10.0 Å². The molecule has 0 amide bonds. The third-order valence-corrected chi connectivity index (χ3v) is 6.00. The molecule has 0 atom stereocenters. The molecule has 1 aliphatic heterocycles. The first-order valence-electron chi connectivity index (χ1n) is 6.42. The average molecular weight is 372 g/mol. The molecule has 7 nitrogen and oxygen atoms in total. The summed E-state index contributed by atoms with van der Waals surface area (Å²) in [5.74, 6) is 0. The van der Waals surface area contributed by atoms with E-state index in [1.165, 1.54) is 8.99 Å². The number of hydrogen-bond donors (Lipinski definition) is 1. The van der Waals surface area contributed by atoms with Crippen molar-refractivity contribution in [1.29, 1.82) is 0 Å². The van der Waals surface area contributed by atoms with Gasteiger partial charge in [0.15, 0.2) is 4.60 Å². The summed E-state index contributed by atoms with van der Waals surface area (Å²) in [6.45, 7) is 1.14. The number of para-hydroxylation sites is 2. The summed E-state index contributed by atoms with van der Waals surface area (Å²) in [6, 6.07) is 7.37. The second kappa shape index (κ2) is 5.30. The third kappa shape index (κ3) is 2.40. The van der Waals surface area contributed by atoms with E-state index in [0.717, 1.165) is 18.7 Å². The average Bonchev–Trinajstić information content (AvgIpc) is 2.68. The molecule has 0 bridgehead atoms. The van der Waals surface area contributed by atoms with E-state index in [9.17, 15) is 8.42 Å². The standard InChI is InChI=1S/C12H14BrN5O2S/c1-17-12(11(13)15-16-17)21(19,20)18-8-4-7-14-9-5-2-3-6-10(9)18/h2-3,5-6,14H,4,7-8H2,1H3. The highest BCUT2D eigenvalue weighted by Crippen LogP contribution is 2.33. The number of halogens is 1. The topological polar surface area (TPSA) is 80.1 Å². The maximum atomic E-state index is 13.0. The third-order valence-electron chi connectivity index (χ3n) is 3.30. The van der Waals surface area contributed by atoms with Crippen molar-refractivity contribution in [3.8, 4) is 0 Å². The fraction of sp³-hybridized carbons (Fsp3) is 0.333. The van der Waals surface area contributed by atoms with Gasteiger partial charge in [-0.05, 0) is 34.5 Å². The van der Waals surface area contributed by atoms with Crippen molar-refractivity contribution in [2.45, 2.75) is 11.4 Å². The van der Waals surface area contributed by atoms with Gasteiger partial charge in [0.2, 0.25) is 5.03 Å². The van der Waals surface area contributed by atoms with E-state index in [-0.39, 0.29) is 9.63 Å². The highest BCUT2D eigenvalue weighted by atomic mass is 79.9. The fourth-order valence-electron chi connectivity index (χ4n) is 2.36. The number of fused-ring (bicyclic) bond motifs is 1. The summed E-state index contributed by atoms with van der Waals surface area (Å²) in [5, 5.41) is 10.8. The van der Waals surface area contributed by atoms with Crippen LogP contribution >= 0.6 is 15.9 Å². The summed E-state index contributed by atoms with van der Waals surface area (Å²) in [5.41, 5.74) is 1.45. The molecule has 0 fully saturated rings. The number of rotatable bonds is 2. The largest absolute Gasteiger partial charge is 0.383 e. The Balaban J connectivity index is 2.16. The number of nitrogens with one attached hydrogen (secondary N) is 1. The van der Waals surface area contributed by atoms with E-state index >= 15 is 0 Å². The molecule has 0 spiro atoms. The van der Waals surface area contributed by atoms with Crippen LogP contribution in [0.25, 0.3) is 0 Å². The highest BCUT2D eigenvalue weighted by Gasteiger charge is 2.33. The van der Waals surface area contributed by atoms with Gasteiger partial charge in [-0.25, -0.2) is 4.68 Å². The summed E-state index contributed by atoms with van der Waals surface area (Å²) < 4.78 is 28.8. The van der Waals surface area contributed by atoms with Gasteiger partial charge in [0, 0.05) is 20.1 Å². The lowest BCUT2D eigenvalue weighted by atomic mass is 10.2. The number of aryl methyl sites for hydroxylation is 1. The molecule has 21 heavy (non-hydrogen) atoms. The summed E-state index contributed by atoms with van der Waals surface area (Å²) in [6.07, 6.45) is 0.719. The monoisotopic (exact) mass is 371 g/mol. The van der Waals surface area contributed by atoms with Gasteiger partial charge in [-0.2, -0.15) is 8.42 Å².